The molecule has 0 bridgehead atoms. The lowest BCUT2D eigenvalue weighted by molar-refractivity contribution is -0.145. The molecule has 1 aliphatic carbocycles. The first-order valence-electron chi connectivity index (χ1n) is 10.4. The Balaban J connectivity index is 1.52. The molecule has 0 N–H and O–H groups in total. The molecule has 2 atom stereocenters. The van der Waals surface area contributed by atoms with Gasteiger partial charge in [0, 0.05) is 38.0 Å². The summed E-state index contributed by atoms with van der Waals surface area (Å²) in [6.07, 6.45) is 5.15. The van der Waals surface area contributed by atoms with Gasteiger partial charge in [0.1, 0.15) is 0 Å². The van der Waals surface area contributed by atoms with E-state index in [9.17, 15) is 9.59 Å². The molecule has 5 nitrogen and oxygen atoms in total. The van der Waals surface area contributed by atoms with Crippen molar-refractivity contribution in [2.45, 2.75) is 38.0 Å². The van der Waals surface area contributed by atoms with Gasteiger partial charge in [-0.15, -0.1) is 0 Å². The average Bonchev–Trinajstić information content (AvgIpc) is 3.28. The Morgan fingerprint density at radius 2 is 1.52 bits per heavy atom. The van der Waals surface area contributed by atoms with Crippen LogP contribution in [0.15, 0.2) is 30.3 Å². The van der Waals surface area contributed by atoms with Crippen molar-refractivity contribution in [2.24, 2.45) is 11.8 Å². The summed E-state index contributed by atoms with van der Waals surface area (Å²) < 4.78 is 5.40. The van der Waals surface area contributed by atoms with Crippen molar-refractivity contribution in [1.29, 1.82) is 0 Å². The van der Waals surface area contributed by atoms with Crippen molar-refractivity contribution < 1.29 is 14.3 Å². The molecule has 2 aliphatic heterocycles. The zero-order valence-corrected chi connectivity index (χ0v) is 16.0. The Hall–Kier alpha value is -1.88. The molecule has 146 valence electrons. The molecule has 3 fully saturated rings. The third-order valence-electron chi connectivity index (χ3n) is 6.41. The molecular formula is C22H30N2O3. The fourth-order valence-electron chi connectivity index (χ4n) is 4.90. The summed E-state index contributed by atoms with van der Waals surface area (Å²) in [5.41, 5.74) is 1.24. The number of hydrogen-bond acceptors (Lipinski definition) is 3. The second-order valence-corrected chi connectivity index (χ2v) is 8.20. The summed E-state index contributed by atoms with van der Waals surface area (Å²) >= 11 is 0. The van der Waals surface area contributed by atoms with E-state index < -0.39 is 0 Å². The molecule has 2 saturated heterocycles. The fraction of sp³-hybridized carbons (Fsp3) is 0.636. The van der Waals surface area contributed by atoms with Gasteiger partial charge in [0.15, 0.2) is 0 Å². The number of nitrogens with zero attached hydrogens (tertiary/aromatic N) is 2. The number of hydrogen-bond donors (Lipinski definition) is 0. The SMILES string of the molecule is O=C(C1CC(c2ccccc2)CN(C(=O)C2CCCC2)C1)N1CCOCC1. The lowest BCUT2D eigenvalue weighted by Crippen LogP contribution is -2.52. The third-order valence-corrected chi connectivity index (χ3v) is 6.41. The number of ether oxygens (including phenoxy) is 1. The molecule has 2 amide bonds. The zero-order chi connectivity index (χ0) is 18.6. The molecule has 1 aromatic rings. The first kappa shape index (κ1) is 18.5. The molecule has 0 radical (unpaired) electrons. The van der Waals surface area contributed by atoms with Gasteiger partial charge in [0.2, 0.25) is 11.8 Å². The Morgan fingerprint density at radius 3 is 2.22 bits per heavy atom. The molecule has 2 heterocycles. The molecule has 0 aromatic heterocycles. The maximum absolute atomic E-state index is 13.2. The van der Waals surface area contributed by atoms with E-state index in [0.29, 0.717) is 32.8 Å². The first-order chi connectivity index (χ1) is 13.2. The molecule has 5 heteroatoms. The summed E-state index contributed by atoms with van der Waals surface area (Å²) in [7, 11) is 0. The summed E-state index contributed by atoms with van der Waals surface area (Å²) in [6.45, 7) is 3.89. The van der Waals surface area contributed by atoms with Crippen molar-refractivity contribution >= 4 is 11.8 Å². The van der Waals surface area contributed by atoms with Crippen molar-refractivity contribution in [3.05, 3.63) is 35.9 Å². The van der Waals surface area contributed by atoms with E-state index >= 15 is 0 Å². The average molecular weight is 370 g/mol. The summed E-state index contributed by atoms with van der Waals surface area (Å²) in [5, 5.41) is 0. The lowest BCUT2D eigenvalue weighted by atomic mass is 9.83. The van der Waals surface area contributed by atoms with Gasteiger partial charge in [0.25, 0.3) is 0 Å². The minimum absolute atomic E-state index is 0.104. The normalized spacial score (nSPS) is 27.0. The highest BCUT2D eigenvalue weighted by atomic mass is 16.5. The Morgan fingerprint density at radius 1 is 0.852 bits per heavy atom. The summed E-state index contributed by atoms with van der Waals surface area (Å²) in [6, 6.07) is 10.4. The van der Waals surface area contributed by atoms with E-state index in [1.165, 1.54) is 5.56 Å². The van der Waals surface area contributed by atoms with E-state index in [0.717, 1.165) is 38.6 Å². The van der Waals surface area contributed by atoms with Crippen molar-refractivity contribution in [3.8, 4) is 0 Å². The molecule has 27 heavy (non-hydrogen) atoms. The summed E-state index contributed by atoms with van der Waals surface area (Å²) in [4.78, 5) is 30.2. The standard InChI is InChI=1S/C22H30N2O3/c25-21(18-8-4-5-9-18)24-15-19(17-6-2-1-3-7-17)14-20(16-24)22(26)23-10-12-27-13-11-23/h1-3,6-7,18-20H,4-5,8-16H2. The number of carbonyl (C=O) groups is 2. The maximum atomic E-state index is 13.2. The monoisotopic (exact) mass is 370 g/mol. The van der Waals surface area contributed by atoms with Crippen LogP contribution in [0.1, 0.15) is 43.6 Å². The van der Waals surface area contributed by atoms with Gasteiger partial charge in [-0.05, 0) is 24.8 Å². The molecule has 3 aliphatic rings. The van der Waals surface area contributed by atoms with Crippen LogP contribution in [0.4, 0.5) is 0 Å². The number of rotatable bonds is 3. The van der Waals surface area contributed by atoms with Gasteiger partial charge in [0.05, 0.1) is 19.1 Å². The molecule has 4 rings (SSSR count). The van der Waals surface area contributed by atoms with Crippen LogP contribution in [0.5, 0.6) is 0 Å². The minimum atomic E-state index is -0.104. The highest BCUT2D eigenvalue weighted by Crippen LogP contribution is 2.34. The number of amides is 2. The van der Waals surface area contributed by atoms with Gasteiger partial charge in [-0.1, -0.05) is 43.2 Å². The third kappa shape index (κ3) is 4.18. The minimum Gasteiger partial charge on any atom is -0.378 e. The zero-order valence-electron chi connectivity index (χ0n) is 16.0. The molecule has 1 saturated carbocycles. The number of piperidine rings is 1. The van der Waals surface area contributed by atoms with Gasteiger partial charge < -0.3 is 14.5 Å². The number of benzene rings is 1. The predicted octanol–water partition coefficient (Wildman–Crippen LogP) is 2.67. The second-order valence-electron chi connectivity index (χ2n) is 8.20. The maximum Gasteiger partial charge on any atom is 0.227 e. The Bertz CT molecular complexity index is 651. The van der Waals surface area contributed by atoms with Crippen LogP contribution >= 0.6 is 0 Å². The van der Waals surface area contributed by atoms with Crippen molar-refractivity contribution in [3.63, 3.8) is 0 Å². The number of morpholine rings is 1. The van der Waals surface area contributed by atoms with E-state index in [4.69, 9.17) is 4.74 Å². The smallest absolute Gasteiger partial charge is 0.227 e. The van der Waals surface area contributed by atoms with Crippen LogP contribution < -0.4 is 0 Å². The molecule has 2 unspecified atom stereocenters. The quantitative estimate of drug-likeness (QED) is 0.822. The van der Waals surface area contributed by atoms with E-state index in [1.54, 1.807) is 0 Å². The van der Waals surface area contributed by atoms with Crippen molar-refractivity contribution in [1.82, 2.24) is 9.80 Å². The first-order valence-corrected chi connectivity index (χ1v) is 10.4. The number of likely N-dealkylation sites (tertiary alicyclic amines) is 1. The van der Waals surface area contributed by atoms with Crippen LogP contribution in [0.25, 0.3) is 0 Å². The van der Waals surface area contributed by atoms with Gasteiger partial charge in [-0.25, -0.2) is 0 Å². The fourth-order valence-corrected chi connectivity index (χ4v) is 4.90. The number of carbonyl (C=O) groups excluding carboxylic acids is 2. The predicted molar refractivity (Wildman–Crippen MR) is 103 cm³/mol. The van der Waals surface area contributed by atoms with E-state index in [-0.39, 0.29) is 29.6 Å². The lowest BCUT2D eigenvalue weighted by Gasteiger charge is -2.40. The van der Waals surface area contributed by atoms with Crippen LogP contribution in [0.3, 0.4) is 0 Å². The molecular weight excluding hydrogens is 340 g/mol. The second kappa shape index (κ2) is 8.42. The highest BCUT2D eigenvalue weighted by Gasteiger charge is 2.38. The summed E-state index contributed by atoms with van der Waals surface area (Å²) in [5.74, 6) is 0.766. The Kier molecular flexibility index (Phi) is 5.77. The molecule has 0 spiro atoms. The van der Waals surface area contributed by atoms with Crippen LogP contribution in [0.2, 0.25) is 0 Å². The van der Waals surface area contributed by atoms with Crippen LogP contribution in [-0.2, 0) is 14.3 Å². The van der Waals surface area contributed by atoms with E-state index in [2.05, 4.69) is 12.1 Å². The molecule has 1 aromatic carbocycles. The largest absolute Gasteiger partial charge is 0.378 e. The van der Waals surface area contributed by atoms with E-state index in [1.807, 2.05) is 28.0 Å². The topological polar surface area (TPSA) is 49.9 Å². The van der Waals surface area contributed by atoms with Gasteiger partial charge in [-0.2, -0.15) is 0 Å². The van der Waals surface area contributed by atoms with Gasteiger partial charge >= 0.3 is 0 Å². The van der Waals surface area contributed by atoms with Crippen LogP contribution in [-0.4, -0.2) is 61.0 Å². The highest BCUT2D eigenvalue weighted by molar-refractivity contribution is 5.83. The van der Waals surface area contributed by atoms with Crippen molar-refractivity contribution in [2.75, 3.05) is 39.4 Å². The van der Waals surface area contributed by atoms with Gasteiger partial charge in [-0.3, -0.25) is 9.59 Å². The van der Waals surface area contributed by atoms with Crippen LogP contribution in [0, 0.1) is 11.8 Å². The Labute approximate surface area is 161 Å².